The van der Waals surface area contributed by atoms with Crippen molar-refractivity contribution in [2.45, 2.75) is 52.5 Å². The van der Waals surface area contributed by atoms with Gasteiger partial charge in [0, 0.05) is 16.6 Å². The van der Waals surface area contributed by atoms with E-state index in [-0.39, 0.29) is 0 Å². The van der Waals surface area contributed by atoms with Crippen molar-refractivity contribution in [3.63, 3.8) is 0 Å². The molecule has 0 bridgehead atoms. The van der Waals surface area contributed by atoms with Gasteiger partial charge in [-0.15, -0.1) is 0 Å². The van der Waals surface area contributed by atoms with Crippen LogP contribution in [0.15, 0.2) is 18.2 Å². The quantitative estimate of drug-likeness (QED) is 0.578. The molecular formula is C16H25Cl2N. The molecular weight excluding hydrogens is 277 g/mol. The van der Waals surface area contributed by atoms with Gasteiger partial charge in [-0.05, 0) is 36.6 Å². The SMILES string of the molecule is CC(C)CCCCCCNCc1ccc(Cl)cc1Cl. The average molecular weight is 302 g/mol. The number of halogens is 2. The van der Waals surface area contributed by atoms with Gasteiger partial charge in [-0.3, -0.25) is 0 Å². The molecule has 1 N–H and O–H groups in total. The first-order chi connectivity index (χ1) is 9.09. The summed E-state index contributed by atoms with van der Waals surface area (Å²) in [7, 11) is 0. The van der Waals surface area contributed by atoms with E-state index in [0.717, 1.165) is 29.6 Å². The Hall–Kier alpha value is -0.240. The zero-order valence-electron chi connectivity index (χ0n) is 12.0. The van der Waals surface area contributed by atoms with E-state index in [9.17, 15) is 0 Å². The molecule has 0 aliphatic heterocycles. The highest BCUT2D eigenvalue weighted by Crippen LogP contribution is 2.20. The Bertz CT molecular complexity index is 364. The summed E-state index contributed by atoms with van der Waals surface area (Å²) in [5.74, 6) is 0.838. The van der Waals surface area contributed by atoms with Gasteiger partial charge in [-0.25, -0.2) is 0 Å². The number of nitrogens with one attached hydrogen (secondary N) is 1. The first-order valence-corrected chi connectivity index (χ1v) is 8.00. The molecule has 19 heavy (non-hydrogen) atoms. The maximum atomic E-state index is 6.12. The maximum absolute atomic E-state index is 6.12. The van der Waals surface area contributed by atoms with Crippen LogP contribution in [0, 0.1) is 5.92 Å². The number of hydrogen-bond acceptors (Lipinski definition) is 1. The van der Waals surface area contributed by atoms with Gasteiger partial charge < -0.3 is 5.32 Å². The Morgan fingerprint density at radius 1 is 1.05 bits per heavy atom. The van der Waals surface area contributed by atoms with Crippen LogP contribution in [0.2, 0.25) is 10.0 Å². The van der Waals surface area contributed by atoms with Gasteiger partial charge in [0.2, 0.25) is 0 Å². The Morgan fingerprint density at radius 2 is 1.79 bits per heavy atom. The van der Waals surface area contributed by atoms with Crippen molar-refractivity contribution in [1.29, 1.82) is 0 Å². The van der Waals surface area contributed by atoms with Crippen LogP contribution in [0.5, 0.6) is 0 Å². The first-order valence-electron chi connectivity index (χ1n) is 7.24. The first kappa shape index (κ1) is 16.8. The Morgan fingerprint density at radius 3 is 2.47 bits per heavy atom. The van der Waals surface area contributed by atoms with Crippen LogP contribution in [-0.2, 0) is 6.54 Å². The highest BCUT2D eigenvalue weighted by atomic mass is 35.5. The third kappa shape index (κ3) is 7.81. The molecule has 0 spiro atoms. The van der Waals surface area contributed by atoms with Gasteiger partial charge in [0.05, 0.1) is 0 Å². The highest BCUT2D eigenvalue weighted by Gasteiger charge is 2.00. The molecule has 108 valence electrons. The zero-order valence-corrected chi connectivity index (χ0v) is 13.5. The van der Waals surface area contributed by atoms with Crippen molar-refractivity contribution in [1.82, 2.24) is 5.32 Å². The van der Waals surface area contributed by atoms with E-state index in [4.69, 9.17) is 23.2 Å². The fraction of sp³-hybridized carbons (Fsp3) is 0.625. The molecule has 0 saturated heterocycles. The summed E-state index contributed by atoms with van der Waals surface area (Å²) in [6.07, 6.45) is 6.62. The lowest BCUT2D eigenvalue weighted by Gasteiger charge is -2.07. The predicted molar refractivity (Wildman–Crippen MR) is 86.1 cm³/mol. The molecule has 0 aromatic heterocycles. The van der Waals surface area contributed by atoms with Crippen LogP contribution in [0.1, 0.15) is 51.5 Å². The van der Waals surface area contributed by atoms with Crippen LogP contribution in [0.4, 0.5) is 0 Å². The van der Waals surface area contributed by atoms with E-state index >= 15 is 0 Å². The van der Waals surface area contributed by atoms with Crippen molar-refractivity contribution >= 4 is 23.2 Å². The van der Waals surface area contributed by atoms with Gasteiger partial charge in [0.15, 0.2) is 0 Å². The van der Waals surface area contributed by atoms with Gasteiger partial charge in [0.25, 0.3) is 0 Å². The summed E-state index contributed by atoms with van der Waals surface area (Å²) in [6, 6.07) is 5.67. The molecule has 0 amide bonds. The van der Waals surface area contributed by atoms with Crippen molar-refractivity contribution < 1.29 is 0 Å². The van der Waals surface area contributed by atoms with Crippen LogP contribution in [-0.4, -0.2) is 6.54 Å². The molecule has 0 atom stereocenters. The third-order valence-corrected chi connectivity index (χ3v) is 3.80. The van der Waals surface area contributed by atoms with Crippen LogP contribution in [0.25, 0.3) is 0 Å². The van der Waals surface area contributed by atoms with Crippen molar-refractivity contribution in [3.05, 3.63) is 33.8 Å². The van der Waals surface area contributed by atoms with Crippen LogP contribution >= 0.6 is 23.2 Å². The zero-order chi connectivity index (χ0) is 14.1. The molecule has 0 fully saturated rings. The monoisotopic (exact) mass is 301 g/mol. The van der Waals surface area contributed by atoms with Crippen molar-refractivity contribution in [2.24, 2.45) is 5.92 Å². The molecule has 1 aromatic rings. The summed E-state index contributed by atoms with van der Waals surface area (Å²) >= 11 is 12.0. The molecule has 0 aliphatic carbocycles. The molecule has 1 nitrogen and oxygen atoms in total. The second kappa shape index (κ2) is 9.63. The molecule has 0 heterocycles. The third-order valence-electron chi connectivity index (χ3n) is 3.22. The van der Waals surface area contributed by atoms with Gasteiger partial charge in [-0.2, -0.15) is 0 Å². The Kier molecular flexibility index (Phi) is 8.52. The van der Waals surface area contributed by atoms with Crippen molar-refractivity contribution in [2.75, 3.05) is 6.54 Å². The van der Waals surface area contributed by atoms with E-state index in [1.54, 1.807) is 6.07 Å². The van der Waals surface area contributed by atoms with E-state index in [0.29, 0.717) is 5.02 Å². The van der Waals surface area contributed by atoms with Gasteiger partial charge >= 0.3 is 0 Å². The summed E-state index contributed by atoms with van der Waals surface area (Å²) in [5, 5.41) is 4.87. The van der Waals surface area contributed by atoms with E-state index < -0.39 is 0 Å². The summed E-state index contributed by atoms with van der Waals surface area (Å²) in [4.78, 5) is 0. The largest absolute Gasteiger partial charge is 0.313 e. The fourth-order valence-electron chi connectivity index (χ4n) is 2.04. The minimum atomic E-state index is 0.693. The van der Waals surface area contributed by atoms with E-state index in [1.165, 1.54) is 32.1 Å². The van der Waals surface area contributed by atoms with Crippen LogP contribution in [0.3, 0.4) is 0 Å². The average Bonchev–Trinajstić information content (AvgIpc) is 2.34. The minimum Gasteiger partial charge on any atom is -0.313 e. The maximum Gasteiger partial charge on any atom is 0.0465 e. The van der Waals surface area contributed by atoms with Gasteiger partial charge in [0.1, 0.15) is 0 Å². The number of unbranched alkanes of at least 4 members (excludes halogenated alkanes) is 3. The Labute approximate surface area is 127 Å². The number of rotatable bonds is 9. The number of benzene rings is 1. The molecule has 0 aliphatic rings. The Balaban J connectivity index is 2.04. The second-order valence-electron chi connectivity index (χ2n) is 5.51. The molecule has 1 rings (SSSR count). The van der Waals surface area contributed by atoms with Crippen LogP contribution < -0.4 is 5.32 Å². The summed E-state index contributed by atoms with van der Waals surface area (Å²) < 4.78 is 0. The standard InChI is InChI=1S/C16H25Cl2N/c1-13(2)7-5-3-4-6-10-19-12-14-8-9-15(17)11-16(14)18/h8-9,11,13,19H,3-7,10,12H2,1-2H3. The molecule has 1 aromatic carbocycles. The van der Waals surface area contributed by atoms with E-state index in [2.05, 4.69) is 19.2 Å². The highest BCUT2D eigenvalue weighted by molar-refractivity contribution is 6.35. The lowest BCUT2D eigenvalue weighted by molar-refractivity contribution is 0.512. The fourth-order valence-corrected chi connectivity index (χ4v) is 2.52. The smallest absolute Gasteiger partial charge is 0.0465 e. The molecule has 0 unspecified atom stereocenters. The minimum absolute atomic E-state index is 0.693. The lowest BCUT2D eigenvalue weighted by Crippen LogP contribution is -2.14. The normalized spacial score (nSPS) is 11.2. The number of hydrogen-bond donors (Lipinski definition) is 1. The topological polar surface area (TPSA) is 12.0 Å². The summed E-state index contributed by atoms with van der Waals surface area (Å²) in [6.45, 7) is 6.46. The molecule has 3 heteroatoms. The lowest BCUT2D eigenvalue weighted by atomic mass is 10.0. The molecule has 0 saturated carbocycles. The van der Waals surface area contributed by atoms with Gasteiger partial charge in [-0.1, -0.05) is 68.8 Å². The second-order valence-corrected chi connectivity index (χ2v) is 6.35. The van der Waals surface area contributed by atoms with E-state index in [1.807, 2.05) is 12.1 Å². The van der Waals surface area contributed by atoms with Crippen molar-refractivity contribution in [3.8, 4) is 0 Å². The molecule has 0 radical (unpaired) electrons. The predicted octanol–water partition coefficient (Wildman–Crippen LogP) is 5.69. The summed E-state index contributed by atoms with van der Waals surface area (Å²) in [5.41, 5.74) is 1.12.